The van der Waals surface area contributed by atoms with E-state index < -0.39 is 22.1 Å². The van der Waals surface area contributed by atoms with Gasteiger partial charge in [0.2, 0.25) is 0 Å². The molecule has 18 heavy (non-hydrogen) atoms. The van der Waals surface area contributed by atoms with Gasteiger partial charge >= 0.3 is 5.97 Å². The maximum Gasteiger partial charge on any atom is 0.337 e. The molecule has 0 unspecified atom stereocenters. The Morgan fingerprint density at radius 2 is 2.17 bits per heavy atom. The Hall–Kier alpha value is -1.51. The van der Waals surface area contributed by atoms with E-state index in [1.165, 1.54) is 6.07 Å². The Balaban J connectivity index is 2.27. The average molecular weight is 272 g/mol. The van der Waals surface area contributed by atoms with Crippen LogP contribution in [0.4, 0.5) is 0 Å². The zero-order chi connectivity index (χ0) is 13.3. The number of aromatic carboxylic acids is 1. The van der Waals surface area contributed by atoms with Crippen molar-refractivity contribution in [3.05, 3.63) is 23.9 Å². The first-order valence-electron chi connectivity index (χ1n) is 5.29. The lowest BCUT2D eigenvalue weighted by Crippen LogP contribution is -2.30. The highest BCUT2D eigenvalue weighted by molar-refractivity contribution is 7.89. The normalized spacial score (nSPS) is 21.1. The summed E-state index contributed by atoms with van der Waals surface area (Å²) in [6, 6.07) is 2.35. The van der Waals surface area contributed by atoms with Crippen molar-refractivity contribution in [3.63, 3.8) is 0 Å². The van der Waals surface area contributed by atoms with Crippen molar-refractivity contribution in [2.75, 3.05) is 13.1 Å². The van der Waals surface area contributed by atoms with Crippen LogP contribution in [0, 0.1) is 0 Å². The summed E-state index contributed by atoms with van der Waals surface area (Å²) in [5.74, 6) is -1.16. The van der Waals surface area contributed by atoms with Crippen LogP contribution in [0.15, 0.2) is 23.4 Å². The predicted octanol–water partition coefficient (Wildman–Crippen LogP) is -0.465. The Morgan fingerprint density at radius 3 is 2.61 bits per heavy atom. The molecule has 7 nitrogen and oxygen atoms in total. The minimum absolute atomic E-state index is 0.0463. The molecule has 0 amide bonds. The lowest BCUT2D eigenvalue weighted by Gasteiger charge is -2.14. The van der Waals surface area contributed by atoms with Gasteiger partial charge in [0.15, 0.2) is 5.03 Å². The number of β-amino-alcohol motifs (C(OH)–C–C–N with tert-alkyl or cyclic N) is 1. The van der Waals surface area contributed by atoms with Crippen LogP contribution in [-0.4, -0.2) is 53.1 Å². The van der Waals surface area contributed by atoms with Gasteiger partial charge in [0, 0.05) is 19.3 Å². The third kappa shape index (κ3) is 2.35. The highest BCUT2D eigenvalue weighted by Crippen LogP contribution is 2.19. The fraction of sp³-hybridized carbons (Fsp3) is 0.400. The summed E-state index contributed by atoms with van der Waals surface area (Å²) in [5, 5.41) is 17.8. The van der Waals surface area contributed by atoms with Gasteiger partial charge in [-0.1, -0.05) is 0 Å². The molecule has 0 aromatic carbocycles. The molecule has 1 saturated heterocycles. The van der Waals surface area contributed by atoms with Crippen molar-refractivity contribution >= 4 is 16.0 Å². The average Bonchev–Trinajstić information content (AvgIpc) is 2.76. The molecule has 1 aliphatic rings. The maximum atomic E-state index is 12.1. The van der Waals surface area contributed by atoms with Gasteiger partial charge in [-0.3, -0.25) is 0 Å². The highest BCUT2D eigenvalue weighted by atomic mass is 32.2. The van der Waals surface area contributed by atoms with Crippen molar-refractivity contribution in [2.24, 2.45) is 0 Å². The number of carbonyl (C=O) groups is 1. The first-order valence-corrected chi connectivity index (χ1v) is 6.73. The molecule has 8 heteroatoms. The molecule has 2 heterocycles. The molecule has 1 aromatic heterocycles. The molecule has 0 bridgehead atoms. The van der Waals surface area contributed by atoms with E-state index in [1.54, 1.807) is 0 Å². The van der Waals surface area contributed by atoms with Gasteiger partial charge in [0.1, 0.15) is 0 Å². The van der Waals surface area contributed by atoms with Crippen molar-refractivity contribution in [3.8, 4) is 0 Å². The summed E-state index contributed by atoms with van der Waals surface area (Å²) in [6.07, 6.45) is 0.742. The molecule has 0 spiro atoms. The van der Waals surface area contributed by atoms with E-state index in [1.807, 2.05) is 0 Å². The number of carboxylic acids is 1. The second kappa shape index (κ2) is 4.63. The van der Waals surface area contributed by atoms with Gasteiger partial charge in [-0.15, -0.1) is 0 Å². The molecular weight excluding hydrogens is 260 g/mol. The lowest BCUT2D eigenvalue weighted by molar-refractivity contribution is 0.0696. The SMILES string of the molecule is O=C(O)c1ccc(S(=O)(=O)N2CC[C@H](O)C2)nc1. The number of pyridine rings is 1. The second-order valence-electron chi connectivity index (χ2n) is 4.00. The van der Waals surface area contributed by atoms with Gasteiger partial charge < -0.3 is 10.2 Å². The summed E-state index contributed by atoms with van der Waals surface area (Å²) >= 11 is 0. The summed E-state index contributed by atoms with van der Waals surface area (Å²) in [5.41, 5.74) is -0.0737. The minimum Gasteiger partial charge on any atom is -0.478 e. The first kappa shape index (κ1) is 12.9. The standard InChI is InChI=1S/C10H12N2O5S/c13-8-3-4-12(6-8)18(16,17)9-2-1-7(5-11-9)10(14)15/h1-2,5,8,13H,3-4,6H2,(H,14,15)/t8-/m0/s1. The fourth-order valence-corrected chi connectivity index (χ4v) is 3.13. The van der Waals surface area contributed by atoms with Crippen molar-refractivity contribution < 1.29 is 23.4 Å². The number of hydrogen-bond donors (Lipinski definition) is 2. The smallest absolute Gasteiger partial charge is 0.337 e. The molecule has 2 N–H and O–H groups in total. The minimum atomic E-state index is -3.74. The molecule has 1 fully saturated rings. The van der Waals surface area contributed by atoms with Gasteiger partial charge in [-0.2, -0.15) is 4.31 Å². The fourth-order valence-electron chi connectivity index (χ4n) is 1.72. The van der Waals surface area contributed by atoms with Gasteiger partial charge in [0.25, 0.3) is 10.0 Å². The van der Waals surface area contributed by atoms with Gasteiger partial charge in [-0.05, 0) is 18.6 Å². The summed E-state index contributed by atoms with van der Waals surface area (Å²) in [4.78, 5) is 14.3. The van der Waals surface area contributed by atoms with E-state index in [0.29, 0.717) is 6.42 Å². The molecule has 1 aromatic rings. The maximum absolute atomic E-state index is 12.1. The zero-order valence-electron chi connectivity index (χ0n) is 9.35. The molecule has 0 radical (unpaired) electrons. The van der Waals surface area contributed by atoms with Gasteiger partial charge in [-0.25, -0.2) is 18.2 Å². The lowest BCUT2D eigenvalue weighted by atomic mass is 10.3. The van der Waals surface area contributed by atoms with E-state index in [4.69, 9.17) is 5.11 Å². The monoisotopic (exact) mass is 272 g/mol. The summed E-state index contributed by atoms with van der Waals surface area (Å²) < 4.78 is 25.3. The number of aromatic nitrogens is 1. The van der Waals surface area contributed by atoms with E-state index in [9.17, 15) is 18.3 Å². The van der Waals surface area contributed by atoms with Crippen LogP contribution in [0.1, 0.15) is 16.8 Å². The van der Waals surface area contributed by atoms with Crippen LogP contribution in [0.3, 0.4) is 0 Å². The summed E-state index contributed by atoms with van der Waals surface area (Å²) in [7, 11) is -3.74. The van der Waals surface area contributed by atoms with Crippen LogP contribution in [0.2, 0.25) is 0 Å². The third-order valence-electron chi connectivity index (χ3n) is 2.71. The number of nitrogens with zero attached hydrogens (tertiary/aromatic N) is 2. The van der Waals surface area contributed by atoms with Crippen LogP contribution in [0.5, 0.6) is 0 Å². The molecular formula is C10H12N2O5S. The van der Waals surface area contributed by atoms with E-state index >= 15 is 0 Å². The van der Waals surface area contributed by atoms with Gasteiger partial charge in [0.05, 0.1) is 11.7 Å². The Morgan fingerprint density at radius 1 is 1.44 bits per heavy atom. The second-order valence-corrected chi connectivity index (χ2v) is 5.88. The Bertz CT molecular complexity index is 554. The number of hydrogen-bond acceptors (Lipinski definition) is 5. The van der Waals surface area contributed by atoms with E-state index in [2.05, 4.69) is 4.98 Å². The number of rotatable bonds is 3. The summed E-state index contributed by atoms with van der Waals surface area (Å²) in [6.45, 7) is 0.288. The number of aliphatic hydroxyl groups is 1. The largest absolute Gasteiger partial charge is 0.478 e. The molecule has 0 saturated carbocycles. The quantitative estimate of drug-likeness (QED) is 0.770. The van der Waals surface area contributed by atoms with Crippen molar-refractivity contribution in [2.45, 2.75) is 17.6 Å². The molecule has 0 aliphatic carbocycles. The molecule has 1 atom stereocenters. The number of aliphatic hydroxyl groups excluding tert-OH is 1. The van der Waals surface area contributed by atoms with Crippen LogP contribution < -0.4 is 0 Å². The third-order valence-corrected chi connectivity index (χ3v) is 4.50. The zero-order valence-corrected chi connectivity index (χ0v) is 10.2. The van der Waals surface area contributed by atoms with E-state index in [0.717, 1.165) is 16.6 Å². The van der Waals surface area contributed by atoms with Crippen molar-refractivity contribution in [1.29, 1.82) is 0 Å². The first-order chi connectivity index (χ1) is 8.41. The van der Waals surface area contributed by atoms with E-state index in [-0.39, 0.29) is 23.7 Å². The molecule has 2 rings (SSSR count). The Labute approximate surface area is 104 Å². The molecule has 1 aliphatic heterocycles. The van der Waals surface area contributed by atoms with Crippen LogP contribution in [-0.2, 0) is 10.0 Å². The van der Waals surface area contributed by atoms with Crippen LogP contribution >= 0.6 is 0 Å². The predicted molar refractivity (Wildman–Crippen MR) is 60.6 cm³/mol. The number of sulfonamides is 1. The van der Waals surface area contributed by atoms with Crippen molar-refractivity contribution in [1.82, 2.24) is 9.29 Å². The topological polar surface area (TPSA) is 108 Å². The highest BCUT2D eigenvalue weighted by Gasteiger charge is 2.32. The Kier molecular flexibility index (Phi) is 3.33. The number of carboxylic acid groups (broad SMARTS) is 1. The van der Waals surface area contributed by atoms with Crippen LogP contribution in [0.25, 0.3) is 0 Å². The molecule has 98 valence electrons.